The minimum absolute atomic E-state index is 0.00627. The first-order valence-electron chi connectivity index (χ1n) is 7.86. The molecule has 1 aromatic heterocycles. The summed E-state index contributed by atoms with van der Waals surface area (Å²) in [5, 5.41) is 14.9. The summed E-state index contributed by atoms with van der Waals surface area (Å²) in [4.78, 5) is 16.4. The Bertz CT molecular complexity index is 746. The topological polar surface area (TPSA) is 87.0 Å². The molecule has 24 heavy (non-hydrogen) atoms. The number of amides is 1. The van der Waals surface area contributed by atoms with Crippen LogP contribution >= 0.6 is 0 Å². The van der Waals surface area contributed by atoms with E-state index in [0.29, 0.717) is 24.6 Å². The Hall–Kier alpha value is -2.91. The molecule has 0 aliphatic carbocycles. The quantitative estimate of drug-likeness (QED) is 0.903. The zero-order chi connectivity index (χ0) is 16.8. The Morgan fingerprint density at radius 3 is 2.75 bits per heavy atom. The number of hydrogen-bond donors (Lipinski definition) is 2. The molecule has 2 heterocycles. The van der Waals surface area contributed by atoms with Gasteiger partial charge >= 0.3 is 0 Å². The average molecular weight is 322 g/mol. The monoisotopic (exact) mass is 322 g/mol. The Morgan fingerprint density at radius 2 is 2.04 bits per heavy atom. The van der Waals surface area contributed by atoms with Gasteiger partial charge in [0.25, 0.3) is 0 Å². The predicted octanol–water partition coefficient (Wildman–Crippen LogP) is 3.06. The van der Waals surface area contributed by atoms with Gasteiger partial charge in [0.15, 0.2) is 0 Å². The van der Waals surface area contributed by atoms with Crippen LogP contribution in [-0.4, -0.2) is 24.1 Å². The molecule has 0 unspecified atom stereocenters. The average Bonchev–Trinajstić information content (AvgIpc) is 2.64. The molecule has 1 aromatic carbocycles. The zero-order valence-corrected chi connectivity index (χ0v) is 13.2. The molecule has 1 amide bonds. The second-order valence-electron chi connectivity index (χ2n) is 5.63. The predicted molar refractivity (Wildman–Crippen MR) is 90.8 cm³/mol. The molecular weight excluding hydrogens is 304 g/mol. The molecule has 0 bridgehead atoms. The molecule has 122 valence electrons. The van der Waals surface area contributed by atoms with Crippen LogP contribution in [0, 0.1) is 17.2 Å². The Kier molecular flexibility index (Phi) is 5.04. The number of aromatic nitrogens is 1. The van der Waals surface area contributed by atoms with Gasteiger partial charge in [-0.3, -0.25) is 4.79 Å². The summed E-state index contributed by atoms with van der Waals surface area (Å²) < 4.78 is 5.26. The Balaban J connectivity index is 1.60. The van der Waals surface area contributed by atoms with E-state index in [1.54, 1.807) is 24.4 Å². The minimum Gasteiger partial charge on any atom is -0.381 e. The van der Waals surface area contributed by atoms with Gasteiger partial charge in [-0.25, -0.2) is 4.98 Å². The van der Waals surface area contributed by atoms with Crippen LogP contribution in [0.25, 0.3) is 0 Å². The van der Waals surface area contributed by atoms with E-state index in [1.807, 2.05) is 18.2 Å². The number of ether oxygens (including phenoxy) is 1. The van der Waals surface area contributed by atoms with Crippen LogP contribution in [0.1, 0.15) is 18.4 Å². The van der Waals surface area contributed by atoms with Crippen molar-refractivity contribution in [2.45, 2.75) is 12.8 Å². The lowest BCUT2D eigenvalue weighted by Crippen LogP contribution is -2.28. The van der Waals surface area contributed by atoms with Crippen molar-refractivity contribution in [3.05, 3.63) is 48.2 Å². The lowest BCUT2D eigenvalue weighted by atomic mass is 9.99. The van der Waals surface area contributed by atoms with Crippen LogP contribution in [0.4, 0.5) is 17.2 Å². The lowest BCUT2D eigenvalue weighted by Gasteiger charge is -2.20. The van der Waals surface area contributed by atoms with Crippen LogP contribution in [0.3, 0.4) is 0 Å². The molecule has 2 aromatic rings. The number of nitriles is 1. The Labute approximate surface area is 140 Å². The second kappa shape index (κ2) is 7.57. The van der Waals surface area contributed by atoms with Gasteiger partial charge in [0, 0.05) is 24.8 Å². The molecule has 1 saturated heterocycles. The standard InChI is InChI=1S/C18H18N4O2/c19-11-13-2-1-3-15(10-13)21-16-4-5-17(20-12-16)22-18(23)14-6-8-24-9-7-14/h1-5,10,12,14,21H,6-9H2,(H,20,22,23). The van der Waals surface area contributed by atoms with Gasteiger partial charge in [-0.2, -0.15) is 5.26 Å². The van der Waals surface area contributed by atoms with Crippen molar-refractivity contribution in [3.8, 4) is 6.07 Å². The number of pyridine rings is 1. The molecule has 1 fully saturated rings. The number of anilines is 3. The van der Waals surface area contributed by atoms with E-state index in [4.69, 9.17) is 10.00 Å². The molecule has 0 atom stereocenters. The highest BCUT2D eigenvalue weighted by Gasteiger charge is 2.21. The second-order valence-corrected chi connectivity index (χ2v) is 5.63. The largest absolute Gasteiger partial charge is 0.381 e. The minimum atomic E-state index is -0.00734. The van der Waals surface area contributed by atoms with Crippen LogP contribution in [0.2, 0.25) is 0 Å². The number of nitrogens with zero attached hydrogens (tertiary/aromatic N) is 2. The van der Waals surface area contributed by atoms with Crippen molar-refractivity contribution < 1.29 is 9.53 Å². The normalized spacial score (nSPS) is 14.6. The maximum absolute atomic E-state index is 12.2. The summed E-state index contributed by atoms with van der Waals surface area (Å²) in [6.45, 7) is 1.27. The molecule has 2 N–H and O–H groups in total. The van der Waals surface area contributed by atoms with Crippen molar-refractivity contribution >= 4 is 23.1 Å². The third-order valence-corrected chi connectivity index (χ3v) is 3.89. The van der Waals surface area contributed by atoms with Crippen LogP contribution in [0.15, 0.2) is 42.6 Å². The summed E-state index contributed by atoms with van der Waals surface area (Å²) in [6.07, 6.45) is 3.15. The van der Waals surface area contributed by atoms with E-state index in [0.717, 1.165) is 24.2 Å². The van der Waals surface area contributed by atoms with Crippen LogP contribution in [0.5, 0.6) is 0 Å². The fourth-order valence-corrected chi connectivity index (χ4v) is 2.56. The number of nitrogens with one attached hydrogen (secondary N) is 2. The van der Waals surface area contributed by atoms with E-state index in [-0.39, 0.29) is 11.8 Å². The maximum atomic E-state index is 12.2. The first-order valence-corrected chi connectivity index (χ1v) is 7.86. The molecule has 3 rings (SSSR count). The van der Waals surface area contributed by atoms with Gasteiger partial charge in [0.05, 0.1) is 23.5 Å². The number of carbonyl (C=O) groups is 1. The van der Waals surface area contributed by atoms with Gasteiger partial charge in [-0.05, 0) is 43.2 Å². The SMILES string of the molecule is N#Cc1cccc(Nc2ccc(NC(=O)C3CCOCC3)nc2)c1. The highest BCUT2D eigenvalue weighted by atomic mass is 16.5. The molecular formula is C18H18N4O2. The van der Waals surface area contributed by atoms with Crippen molar-refractivity contribution in [1.29, 1.82) is 5.26 Å². The molecule has 0 saturated carbocycles. The van der Waals surface area contributed by atoms with E-state index < -0.39 is 0 Å². The fourth-order valence-electron chi connectivity index (χ4n) is 2.56. The highest BCUT2D eigenvalue weighted by Crippen LogP contribution is 2.20. The fraction of sp³-hybridized carbons (Fsp3) is 0.278. The third-order valence-electron chi connectivity index (χ3n) is 3.89. The van der Waals surface area contributed by atoms with Gasteiger partial charge < -0.3 is 15.4 Å². The van der Waals surface area contributed by atoms with Gasteiger partial charge in [-0.15, -0.1) is 0 Å². The first-order chi connectivity index (χ1) is 11.7. The van der Waals surface area contributed by atoms with Crippen LogP contribution < -0.4 is 10.6 Å². The zero-order valence-electron chi connectivity index (χ0n) is 13.2. The van der Waals surface area contributed by atoms with E-state index in [9.17, 15) is 4.79 Å². The lowest BCUT2D eigenvalue weighted by molar-refractivity contribution is -0.122. The summed E-state index contributed by atoms with van der Waals surface area (Å²) in [5.74, 6) is 0.517. The first kappa shape index (κ1) is 16.0. The molecule has 6 nitrogen and oxygen atoms in total. The molecule has 0 spiro atoms. The van der Waals surface area contributed by atoms with E-state index in [1.165, 1.54) is 0 Å². The summed E-state index contributed by atoms with van der Waals surface area (Å²) >= 11 is 0. The van der Waals surface area contributed by atoms with E-state index in [2.05, 4.69) is 21.7 Å². The number of hydrogen-bond acceptors (Lipinski definition) is 5. The molecule has 6 heteroatoms. The highest BCUT2D eigenvalue weighted by molar-refractivity contribution is 5.91. The van der Waals surface area contributed by atoms with Crippen LogP contribution in [-0.2, 0) is 9.53 Å². The maximum Gasteiger partial charge on any atom is 0.228 e. The number of rotatable bonds is 4. The van der Waals surface area contributed by atoms with Crippen molar-refractivity contribution in [2.75, 3.05) is 23.8 Å². The van der Waals surface area contributed by atoms with Crippen molar-refractivity contribution in [2.24, 2.45) is 5.92 Å². The number of benzene rings is 1. The van der Waals surface area contributed by atoms with Crippen molar-refractivity contribution in [3.63, 3.8) is 0 Å². The number of carbonyl (C=O) groups excluding carboxylic acids is 1. The summed E-state index contributed by atoms with van der Waals surface area (Å²) in [7, 11) is 0. The van der Waals surface area contributed by atoms with Crippen molar-refractivity contribution in [1.82, 2.24) is 4.98 Å². The van der Waals surface area contributed by atoms with E-state index >= 15 is 0 Å². The summed E-state index contributed by atoms with van der Waals surface area (Å²) in [6, 6.07) is 12.9. The van der Waals surface area contributed by atoms with Gasteiger partial charge in [0.2, 0.25) is 5.91 Å². The molecule has 1 aliphatic heterocycles. The Morgan fingerprint density at radius 1 is 1.21 bits per heavy atom. The summed E-state index contributed by atoms with van der Waals surface area (Å²) in [5.41, 5.74) is 2.19. The molecule has 0 radical (unpaired) electrons. The third kappa shape index (κ3) is 4.09. The smallest absolute Gasteiger partial charge is 0.228 e. The van der Waals surface area contributed by atoms with Gasteiger partial charge in [-0.1, -0.05) is 6.07 Å². The van der Waals surface area contributed by atoms with Gasteiger partial charge in [0.1, 0.15) is 5.82 Å². The molecule has 1 aliphatic rings.